The summed E-state index contributed by atoms with van der Waals surface area (Å²) < 4.78 is 6.21. The van der Waals surface area contributed by atoms with Gasteiger partial charge in [0.15, 0.2) is 0 Å². The van der Waals surface area contributed by atoms with Crippen LogP contribution < -0.4 is 5.73 Å². The lowest BCUT2D eigenvalue weighted by Crippen LogP contribution is -2.58. The molecule has 2 N–H and O–H groups in total. The van der Waals surface area contributed by atoms with Gasteiger partial charge in [0.1, 0.15) is 5.41 Å². The highest BCUT2D eigenvalue weighted by atomic mass is 79.9. The van der Waals surface area contributed by atoms with E-state index < -0.39 is 5.41 Å². The molecule has 0 aromatic heterocycles. The summed E-state index contributed by atoms with van der Waals surface area (Å²) >= 11 is 3.41. The molecule has 1 saturated heterocycles. The Morgan fingerprint density at radius 2 is 2.05 bits per heavy atom. The van der Waals surface area contributed by atoms with Crippen LogP contribution in [0.25, 0.3) is 0 Å². The third kappa shape index (κ3) is 3.16. The number of nitrogens with two attached hydrogens (primary N) is 1. The summed E-state index contributed by atoms with van der Waals surface area (Å²) in [7, 11) is 1.83. The Hall–Kier alpha value is -0.910. The molecule has 0 radical (unpaired) electrons. The zero-order valence-corrected chi connectivity index (χ0v) is 12.6. The van der Waals surface area contributed by atoms with Crippen molar-refractivity contribution < 1.29 is 9.53 Å². The highest BCUT2D eigenvalue weighted by Gasteiger charge is 2.46. The van der Waals surface area contributed by atoms with E-state index >= 15 is 0 Å². The van der Waals surface area contributed by atoms with Gasteiger partial charge >= 0.3 is 0 Å². The molecule has 0 spiro atoms. The smallest absolute Gasteiger partial charge is 0.234 e. The summed E-state index contributed by atoms with van der Waals surface area (Å²) in [5.74, 6) is 0.0957. The first-order chi connectivity index (χ1) is 9.07. The van der Waals surface area contributed by atoms with Gasteiger partial charge in [-0.3, -0.25) is 4.79 Å². The standard InChI is InChI=1S/C14H19BrN2O2/c1-17(13(18)14(8-16)9-19-10-14)7-6-11-2-4-12(15)5-3-11/h2-5H,6-10,16H2,1H3. The first-order valence-electron chi connectivity index (χ1n) is 6.35. The summed E-state index contributed by atoms with van der Waals surface area (Å²) in [6, 6.07) is 8.15. The van der Waals surface area contributed by atoms with Crippen molar-refractivity contribution in [3.8, 4) is 0 Å². The zero-order valence-electron chi connectivity index (χ0n) is 11.1. The molecular weight excluding hydrogens is 308 g/mol. The van der Waals surface area contributed by atoms with Crippen molar-refractivity contribution >= 4 is 21.8 Å². The maximum absolute atomic E-state index is 12.3. The molecule has 0 saturated carbocycles. The van der Waals surface area contributed by atoms with Crippen LogP contribution in [0.15, 0.2) is 28.7 Å². The lowest BCUT2D eigenvalue weighted by atomic mass is 9.84. The Morgan fingerprint density at radius 3 is 2.53 bits per heavy atom. The van der Waals surface area contributed by atoms with Gasteiger partial charge in [0.25, 0.3) is 0 Å². The highest BCUT2D eigenvalue weighted by Crippen LogP contribution is 2.28. The van der Waals surface area contributed by atoms with Crippen molar-refractivity contribution in [1.82, 2.24) is 4.90 Å². The van der Waals surface area contributed by atoms with Crippen LogP contribution in [0.1, 0.15) is 5.56 Å². The molecule has 104 valence electrons. The topological polar surface area (TPSA) is 55.6 Å². The van der Waals surface area contributed by atoms with Crippen LogP contribution in [0.3, 0.4) is 0 Å². The van der Waals surface area contributed by atoms with Gasteiger partial charge in [0.05, 0.1) is 13.2 Å². The van der Waals surface area contributed by atoms with Crippen molar-refractivity contribution in [3.05, 3.63) is 34.3 Å². The molecule has 5 heteroatoms. The van der Waals surface area contributed by atoms with Gasteiger partial charge in [-0.05, 0) is 24.1 Å². The number of amides is 1. The van der Waals surface area contributed by atoms with E-state index in [4.69, 9.17) is 10.5 Å². The van der Waals surface area contributed by atoms with Crippen LogP contribution in [-0.2, 0) is 16.0 Å². The summed E-state index contributed by atoms with van der Waals surface area (Å²) in [4.78, 5) is 14.1. The van der Waals surface area contributed by atoms with Crippen molar-refractivity contribution in [2.75, 3.05) is 33.4 Å². The second kappa shape index (κ2) is 6.03. The van der Waals surface area contributed by atoms with Crippen LogP contribution in [0.4, 0.5) is 0 Å². The van der Waals surface area contributed by atoms with Gasteiger partial charge in [-0.2, -0.15) is 0 Å². The molecule has 4 nitrogen and oxygen atoms in total. The lowest BCUT2D eigenvalue weighted by molar-refractivity contribution is -0.169. The van der Waals surface area contributed by atoms with Crippen LogP contribution >= 0.6 is 15.9 Å². The summed E-state index contributed by atoms with van der Waals surface area (Å²) in [6.45, 7) is 1.95. The summed E-state index contributed by atoms with van der Waals surface area (Å²) in [6.07, 6.45) is 0.844. The number of hydrogen-bond acceptors (Lipinski definition) is 3. The Bertz CT molecular complexity index is 438. The third-order valence-corrected chi connectivity index (χ3v) is 4.13. The normalized spacial score (nSPS) is 16.8. The fourth-order valence-electron chi connectivity index (χ4n) is 2.13. The summed E-state index contributed by atoms with van der Waals surface area (Å²) in [5.41, 5.74) is 6.44. The van der Waals surface area contributed by atoms with Crippen molar-refractivity contribution in [1.29, 1.82) is 0 Å². The van der Waals surface area contributed by atoms with Crippen molar-refractivity contribution in [2.45, 2.75) is 6.42 Å². The zero-order chi connectivity index (χ0) is 13.9. The molecule has 1 aliphatic heterocycles. The van der Waals surface area contributed by atoms with Crippen molar-refractivity contribution in [3.63, 3.8) is 0 Å². The Balaban J connectivity index is 1.88. The van der Waals surface area contributed by atoms with E-state index in [0.717, 1.165) is 10.9 Å². The SMILES string of the molecule is CN(CCc1ccc(Br)cc1)C(=O)C1(CN)COC1. The van der Waals surface area contributed by atoms with E-state index in [0.29, 0.717) is 26.3 Å². The first-order valence-corrected chi connectivity index (χ1v) is 7.14. The number of halogens is 1. The van der Waals surface area contributed by atoms with Crippen LogP contribution in [0, 0.1) is 5.41 Å². The monoisotopic (exact) mass is 326 g/mol. The average Bonchev–Trinajstić information content (AvgIpc) is 2.37. The first kappa shape index (κ1) is 14.5. The lowest BCUT2D eigenvalue weighted by Gasteiger charge is -2.41. The van der Waals surface area contributed by atoms with Crippen LogP contribution in [0.2, 0.25) is 0 Å². The second-order valence-corrected chi connectivity index (χ2v) is 6.00. The number of rotatable bonds is 5. The average molecular weight is 327 g/mol. The van der Waals surface area contributed by atoms with E-state index in [9.17, 15) is 4.79 Å². The Morgan fingerprint density at radius 1 is 1.42 bits per heavy atom. The summed E-state index contributed by atoms with van der Waals surface area (Å²) in [5, 5.41) is 0. The van der Waals surface area contributed by atoms with E-state index in [1.165, 1.54) is 5.56 Å². The highest BCUT2D eigenvalue weighted by molar-refractivity contribution is 9.10. The number of ether oxygens (including phenoxy) is 1. The minimum atomic E-state index is -0.478. The van der Waals surface area contributed by atoms with Gasteiger partial charge in [-0.25, -0.2) is 0 Å². The van der Waals surface area contributed by atoms with Crippen LogP contribution in [-0.4, -0.2) is 44.2 Å². The van der Waals surface area contributed by atoms with Crippen molar-refractivity contribution in [2.24, 2.45) is 11.1 Å². The largest absolute Gasteiger partial charge is 0.379 e. The third-order valence-electron chi connectivity index (χ3n) is 3.60. The van der Waals surface area contributed by atoms with E-state index in [1.54, 1.807) is 4.90 Å². The number of carbonyl (C=O) groups is 1. The predicted molar refractivity (Wildman–Crippen MR) is 77.8 cm³/mol. The molecular formula is C14H19BrN2O2. The second-order valence-electron chi connectivity index (χ2n) is 5.08. The molecule has 0 bridgehead atoms. The number of hydrogen-bond donors (Lipinski definition) is 1. The number of likely N-dealkylation sites (N-methyl/N-ethyl adjacent to an activating group) is 1. The molecule has 0 unspecified atom stereocenters. The molecule has 19 heavy (non-hydrogen) atoms. The molecule has 1 amide bonds. The molecule has 2 rings (SSSR count). The Labute approximate surface area is 122 Å². The number of nitrogens with zero attached hydrogens (tertiary/aromatic N) is 1. The van der Waals surface area contributed by atoms with Gasteiger partial charge in [-0.1, -0.05) is 28.1 Å². The quantitative estimate of drug-likeness (QED) is 0.890. The van der Waals surface area contributed by atoms with E-state index in [-0.39, 0.29) is 5.91 Å². The van der Waals surface area contributed by atoms with Gasteiger partial charge in [0.2, 0.25) is 5.91 Å². The van der Waals surface area contributed by atoms with Gasteiger partial charge in [0, 0.05) is 24.6 Å². The maximum Gasteiger partial charge on any atom is 0.234 e. The van der Waals surface area contributed by atoms with Gasteiger partial charge < -0.3 is 15.4 Å². The van der Waals surface area contributed by atoms with E-state index in [2.05, 4.69) is 28.1 Å². The Kier molecular flexibility index (Phi) is 4.60. The fraction of sp³-hybridized carbons (Fsp3) is 0.500. The van der Waals surface area contributed by atoms with Gasteiger partial charge in [-0.15, -0.1) is 0 Å². The molecule has 1 fully saturated rings. The van der Waals surface area contributed by atoms with E-state index in [1.807, 2.05) is 19.2 Å². The predicted octanol–water partition coefficient (Wildman–Crippen LogP) is 1.43. The molecule has 0 aliphatic carbocycles. The molecule has 1 heterocycles. The van der Waals surface area contributed by atoms with Crippen LogP contribution in [0.5, 0.6) is 0 Å². The number of benzene rings is 1. The maximum atomic E-state index is 12.3. The molecule has 1 aromatic rings. The minimum Gasteiger partial charge on any atom is -0.379 e. The number of carbonyl (C=O) groups excluding carboxylic acids is 1. The molecule has 1 aromatic carbocycles. The molecule has 1 aliphatic rings. The molecule has 0 atom stereocenters. The minimum absolute atomic E-state index is 0.0957. The fourth-order valence-corrected chi connectivity index (χ4v) is 2.40.